The zero-order valence-corrected chi connectivity index (χ0v) is 35.1. The van der Waals surface area contributed by atoms with Gasteiger partial charge in [-0.3, -0.25) is 19.2 Å². The summed E-state index contributed by atoms with van der Waals surface area (Å²) in [5, 5.41) is 16.4. The van der Waals surface area contributed by atoms with Gasteiger partial charge in [0, 0.05) is 38.4 Å². The summed E-state index contributed by atoms with van der Waals surface area (Å²) in [6, 6.07) is 14.3. The van der Waals surface area contributed by atoms with Crippen molar-refractivity contribution in [3.8, 4) is 10.4 Å². The molecule has 0 unspecified atom stereocenters. The first-order chi connectivity index (χ1) is 26.1. The van der Waals surface area contributed by atoms with Gasteiger partial charge in [-0.2, -0.15) is 0 Å². The number of nitrogens with one attached hydrogen (secondary N) is 2. The first kappa shape index (κ1) is 46.5. The lowest BCUT2D eigenvalue weighted by Crippen LogP contribution is -2.57. The highest BCUT2D eigenvalue weighted by atomic mass is 35.5. The number of hydrogen-bond acceptors (Lipinski definition) is 9. The van der Waals surface area contributed by atoms with Crippen LogP contribution in [0.15, 0.2) is 54.0 Å². The molecule has 0 spiro atoms. The number of likely N-dealkylation sites (tertiary alicyclic amines) is 1. The minimum absolute atomic E-state index is 0. The van der Waals surface area contributed by atoms with Crippen molar-refractivity contribution in [3.05, 3.63) is 76.4 Å². The fourth-order valence-electron chi connectivity index (χ4n) is 6.68. The molecule has 0 bridgehead atoms. The average Bonchev–Trinajstić information content (AvgIpc) is 3.77. The maximum Gasteiger partial charge on any atom is 0.246 e. The SMILES string of the molecule is Cc1ncsc1-c1ccc(CNC(=O)[C@@H]2C[C@@H](O)CN2C(=O)[C@@H](NC(=O)CCCCCCc2ccc(CO[C@H](C)[C@@H](N)CCC(N)=O)cc2)C(C)(C)C)cc1.Cl. The van der Waals surface area contributed by atoms with Crippen LogP contribution in [-0.4, -0.2) is 75.5 Å². The molecule has 308 valence electrons. The molecule has 1 aliphatic rings. The number of ether oxygens (including phenoxy) is 1. The summed E-state index contributed by atoms with van der Waals surface area (Å²) in [5.41, 5.74) is 17.8. The molecule has 0 saturated carbocycles. The smallest absolute Gasteiger partial charge is 0.246 e. The Morgan fingerprint density at radius 1 is 0.982 bits per heavy atom. The van der Waals surface area contributed by atoms with Crippen LogP contribution < -0.4 is 22.1 Å². The first-order valence-corrected chi connectivity index (χ1v) is 20.3. The van der Waals surface area contributed by atoms with E-state index in [1.807, 2.05) is 64.4 Å². The number of thiazole rings is 1. The number of nitrogens with two attached hydrogens (primary N) is 2. The van der Waals surface area contributed by atoms with E-state index in [0.29, 0.717) is 25.9 Å². The van der Waals surface area contributed by atoms with Crippen molar-refractivity contribution in [3.63, 3.8) is 0 Å². The number of halogens is 1. The predicted molar refractivity (Wildman–Crippen MR) is 223 cm³/mol. The number of aliphatic hydroxyl groups is 1. The predicted octanol–water partition coefficient (Wildman–Crippen LogP) is 5.34. The third-order valence-electron chi connectivity index (χ3n) is 10.2. The molecule has 14 heteroatoms. The number of carbonyl (C=O) groups is 4. The van der Waals surface area contributed by atoms with E-state index in [1.54, 1.807) is 11.3 Å². The minimum Gasteiger partial charge on any atom is -0.391 e. The van der Waals surface area contributed by atoms with Gasteiger partial charge in [0.05, 0.1) is 34.9 Å². The number of hydrogen-bond donors (Lipinski definition) is 5. The number of aliphatic hydroxyl groups excluding tert-OH is 1. The Kier molecular flexibility index (Phi) is 18.4. The fraction of sp³-hybridized carbons (Fsp3) is 0.548. The summed E-state index contributed by atoms with van der Waals surface area (Å²) in [6.07, 6.45) is 4.64. The van der Waals surface area contributed by atoms with Gasteiger partial charge in [-0.05, 0) is 67.2 Å². The van der Waals surface area contributed by atoms with Gasteiger partial charge in [-0.25, -0.2) is 4.98 Å². The number of carbonyl (C=O) groups excluding carboxylic acids is 4. The summed E-state index contributed by atoms with van der Waals surface area (Å²) in [7, 11) is 0. The second kappa shape index (κ2) is 22.2. The Bertz CT molecular complexity index is 1710. The van der Waals surface area contributed by atoms with Gasteiger partial charge < -0.3 is 36.8 Å². The van der Waals surface area contributed by atoms with E-state index in [-0.39, 0.29) is 74.1 Å². The van der Waals surface area contributed by atoms with Crippen LogP contribution >= 0.6 is 23.7 Å². The molecule has 1 aromatic heterocycles. The highest BCUT2D eigenvalue weighted by Crippen LogP contribution is 2.28. The molecule has 5 atom stereocenters. The largest absolute Gasteiger partial charge is 0.391 e. The number of aromatic nitrogens is 1. The minimum atomic E-state index is -0.849. The highest BCUT2D eigenvalue weighted by molar-refractivity contribution is 7.13. The third-order valence-corrected chi connectivity index (χ3v) is 11.2. The van der Waals surface area contributed by atoms with Gasteiger partial charge in [0.1, 0.15) is 12.1 Å². The Hall–Kier alpha value is -3.88. The number of aryl methyl sites for hydroxylation is 2. The quantitative estimate of drug-likeness (QED) is 0.0946. The Morgan fingerprint density at radius 3 is 2.25 bits per heavy atom. The molecule has 2 aromatic carbocycles. The van der Waals surface area contributed by atoms with Crippen molar-refractivity contribution in [2.24, 2.45) is 16.9 Å². The van der Waals surface area contributed by atoms with Crippen molar-refractivity contribution in [1.29, 1.82) is 0 Å². The summed E-state index contributed by atoms with van der Waals surface area (Å²) < 4.78 is 5.88. The Balaban J connectivity index is 0.00000841. The number of β-amino-alcohol motifs (C(OH)–C–C–N with tert-alkyl or cyclic N) is 1. The molecular formula is C42H61ClN6O6S. The van der Waals surface area contributed by atoms with Crippen LogP contribution in [0.2, 0.25) is 0 Å². The molecule has 7 N–H and O–H groups in total. The van der Waals surface area contributed by atoms with Crippen LogP contribution in [0.3, 0.4) is 0 Å². The molecule has 1 saturated heterocycles. The van der Waals surface area contributed by atoms with Crippen molar-refractivity contribution in [1.82, 2.24) is 20.5 Å². The molecule has 4 amide bonds. The van der Waals surface area contributed by atoms with Crippen LogP contribution in [0.1, 0.15) is 101 Å². The van der Waals surface area contributed by atoms with E-state index in [2.05, 4.69) is 39.9 Å². The topological polar surface area (TPSA) is 190 Å². The van der Waals surface area contributed by atoms with Gasteiger partial charge in [0.15, 0.2) is 0 Å². The molecule has 2 heterocycles. The summed E-state index contributed by atoms with van der Waals surface area (Å²) in [6.45, 7) is 10.3. The number of unbranched alkanes of at least 4 members (excludes halogenated alkanes) is 3. The van der Waals surface area contributed by atoms with Crippen LogP contribution in [0.25, 0.3) is 10.4 Å². The Labute approximate surface area is 341 Å². The van der Waals surface area contributed by atoms with Crippen molar-refractivity contribution >= 4 is 47.4 Å². The Morgan fingerprint density at radius 2 is 1.62 bits per heavy atom. The monoisotopic (exact) mass is 812 g/mol. The highest BCUT2D eigenvalue weighted by Gasteiger charge is 2.44. The van der Waals surface area contributed by atoms with E-state index < -0.39 is 23.6 Å². The summed E-state index contributed by atoms with van der Waals surface area (Å²) in [4.78, 5) is 58.3. The van der Waals surface area contributed by atoms with E-state index in [1.165, 1.54) is 10.5 Å². The third kappa shape index (κ3) is 14.3. The maximum absolute atomic E-state index is 13.9. The number of benzene rings is 2. The molecule has 1 aliphatic heterocycles. The molecule has 4 rings (SSSR count). The molecule has 0 radical (unpaired) electrons. The van der Waals surface area contributed by atoms with Crippen LogP contribution in [0, 0.1) is 12.3 Å². The van der Waals surface area contributed by atoms with Crippen LogP contribution in [0.5, 0.6) is 0 Å². The van der Waals surface area contributed by atoms with E-state index in [0.717, 1.165) is 52.9 Å². The molecule has 0 aliphatic carbocycles. The van der Waals surface area contributed by atoms with E-state index in [4.69, 9.17) is 16.2 Å². The second-order valence-corrected chi connectivity index (χ2v) is 16.7. The fourth-order valence-corrected chi connectivity index (χ4v) is 7.49. The van der Waals surface area contributed by atoms with Crippen LogP contribution in [-0.2, 0) is 43.5 Å². The molecule has 3 aromatic rings. The lowest BCUT2D eigenvalue weighted by atomic mass is 9.85. The standard InChI is InChI=1S/C42H60N6O6S.ClH/c1-27-38(55-26-46-27)32-18-16-30(17-19-32)23-45-40(52)35-22-33(49)24-48(35)41(53)39(42(3,4)5)47-37(51)11-9-7-6-8-10-29-12-14-31(15-13-29)25-54-28(2)34(43)20-21-36(44)50;/h12-19,26,28,33-35,39,49H,6-11,20-25,43H2,1-5H3,(H2,44,50)(H,45,52)(H,47,51);1H/t28-,33-,34+,35+,39-;/m1./s1. The summed E-state index contributed by atoms with van der Waals surface area (Å²) >= 11 is 1.58. The lowest BCUT2D eigenvalue weighted by molar-refractivity contribution is -0.144. The molecule has 12 nitrogen and oxygen atoms in total. The second-order valence-electron chi connectivity index (χ2n) is 15.9. The normalized spacial score (nSPS) is 17.1. The molecular weight excluding hydrogens is 752 g/mol. The van der Waals surface area contributed by atoms with Gasteiger partial charge in [-0.1, -0.05) is 82.1 Å². The zero-order valence-electron chi connectivity index (χ0n) is 33.4. The van der Waals surface area contributed by atoms with E-state index >= 15 is 0 Å². The van der Waals surface area contributed by atoms with Crippen LogP contribution in [0.4, 0.5) is 0 Å². The lowest BCUT2D eigenvalue weighted by Gasteiger charge is -2.35. The van der Waals surface area contributed by atoms with Crippen molar-refractivity contribution in [2.45, 2.75) is 136 Å². The summed E-state index contributed by atoms with van der Waals surface area (Å²) in [5.74, 6) is -1.26. The molecule has 1 fully saturated rings. The number of nitrogens with zero attached hydrogens (tertiary/aromatic N) is 2. The zero-order chi connectivity index (χ0) is 40.1. The van der Waals surface area contributed by atoms with Gasteiger partial charge in [-0.15, -0.1) is 23.7 Å². The van der Waals surface area contributed by atoms with Gasteiger partial charge >= 0.3 is 0 Å². The van der Waals surface area contributed by atoms with Gasteiger partial charge in [0.25, 0.3) is 0 Å². The van der Waals surface area contributed by atoms with E-state index in [9.17, 15) is 24.3 Å². The number of rotatable bonds is 20. The first-order valence-electron chi connectivity index (χ1n) is 19.4. The average molecular weight is 814 g/mol. The maximum atomic E-state index is 13.9. The molecule has 56 heavy (non-hydrogen) atoms. The van der Waals surface area contributed by atoms with Crippen molar-refractivity contribution < 1.29 is 29.0 Å². The van der Waals surface area contributed by atoms with Crippen molar-refractivity contribution in [2.75, 3.05) is 6.54 Å². The number of amides is 4. The van der Waals surface area contributed by atoms with Gasteiger partial charge in [0.2, 0.25) is 23.6 Å². The number of primary amides is 1.